The summed E-state index contributed by atoms with van der Waals surface area (Å²) < 4.78 is 5.69. The van der Waals surface area contributed by atoms with Gasteiger partial charge in [0.25, 0.3) is 5.56 Å². The topological polar surface area (TPSA) is 82.4 Å². The molecular weight excluding hydrogens is 368 g/mol. The fourth-order valence-corrected chi connectivity index (χ4v) is 4.33. The van der Waals surface area contributed by atoms with Gasteiger partial charge < -0.3 is 9.32 Å². The lowest BCUT2D eigenvalue weighted by atomic mass is 10.1. The van der Waals surface area contributed by atoms with Gasteiger partial charge in [0.1, 0.15) is 5.58 Å². The first-order chi connectivity index (χ1) is 14.1. The highest BCUT2D eigenvalue weighted by Gasteiger charge is 2.24. The zero-order chi connectivity index (χ0) is 20.0. The van der Waals surface area contributed by atoms with Crippen molar-refractivity contribution in [1.82, 2.24) is 14.9 Å². The van der Waals surface area contributed by atoms with Crippen molar-refractivity contribution in [3.8, 4) is 0 Å². The Kier molecular flexibility index (Phi) is 4.47. The summed E-state index contributed by atoms with van der Waals surface area (Å²) in [6.45, 7) is 5.59. The maximum absolute atomic E-state index is 12.9. The van der Waals surface area contributed by atoms with Crippen molar-refractivity contribution in [2.45, 2.75) is 39.3 Å². The SMILES string of the molecule is Cc1ccc2occ(CN3CCc4c(nc(N5CCCC5)[nH]c4=O)C3)c(=O)c2c1. The Bertz CT molecular complexity index is 1190. The number of benzene rings is 1. The minimum absolute atomic E-state index is 0.0115. The van der Waals surface area contributed by atoms with Gasteiger partial charge >= 0.3 is 0 Å². The highest BCUT2D eigenvalue weighted by Crippen LogP contribution is 2.21. The average Bonchev–Trinajstić information content (AvgIpc) is 3.25. The monoisotopic (exact) mass is 392 g/mol. The summed E-state index contributed by atoms with van der Waals surface area (Å²) >= 11 is 0. The third-order valence-corrected chi connectivity index (χ3v) is 5.94. The molecule has 2 aliphatic heterocycles. The van der Waals surface area contributed by atoms with E-state index in [0.717, 1.165) is 42.8 Å². The number of hydrogen-bond donors (Lipinski definition) is 1. The first-order valence-electron chi connectivity index (χ1n) is 10.2. The molecule has 2 aliphatic rings. The molecule has 1 fully saturated rings. The van der Waals surface area contributed by atoms with E-state index in [1.807, 2.05) is 25.1 Å². The predicted molar refractivity (Wildman–Crippen MR) is 111 cm³/mol. The molecule has 0 spiro atoms. The lowest BCUT2D eigenvalue weighted by molar-refractivity contribution is 0.238. The van der Waals surface area contributed by atoms with E-state index in [-0.39, 0.29) is 11.0 Å². The highest BCUT2D eigenvalue weighted by atomic mass is 16.3. The Hall–Kier alpha value is -2.93. The van der Waals surface area contributed by atoms with Gasteiger partial charge in [-0.1, -0.05) is 11.6 Å². The molecule has 2 aromatic heterocycles. The number of fused-ring (bicyclic) bond motifs is 2. The van der Waals surface area contributed by atoms with Crippen LogP contribution in [0.25, 0.3) is 11.0 Å². The number of aromatic amines is 1. The van der Waals surface area contributed by atoms with Crippen LogP contribution in [0.2, 0.25) is 0 Å². The lowest BCUT2D eigenvalue weighted by Crippen LogP contribution is -2.37. The molecule has 4 heterocycles. The minimum Gasteiger partial charge on any atom is -0.464 e. The van der Waals surface area contributed by atoms with Crippen molar-refractivity contribution >= 4 is 16.9 Å². The molecule has 0 bridgehead atoms. The molecule has 29 heavy (non-hydrogen) atoms. The number of anilines is 1. The average molecular weight is 392 g/mol. The van der Waals surface area contributed by atoms with Gasteiger partial charge in [0.05, 0.1) is 17.3 Å². The standard InChI is InChI=1S/C22H24N4O3/c1-14-4-5-19-17(10-14)20(27)15(13-29-19)11-25-9-6-16-18(12-25)23-22(24-21(16)28)26-7-2-3-8-26/h4-5,10,13H,2-3,6-9,11-12H2,1H3,(H,23,24,28). The van der Waals surface area contributed by atoms with Crippen LogP contribution >= 0.6 is 0 Å². The fraction of sp³-hybridized carbons (Fsp3) is 0.409. The van der Waals surface area contributed by atoms with E-state index in [2.05, 4.69) is 14.8 Å². The van der Waals surface area contributed by atoms with Gasteiger partial charge in [0.15, 0.2) is 5.43 Å². The lowest BCUT2D eigenvalue weighted by Gasteiger charge is -2.28. The molecule has 5 rings (SSSR count). The van der Waals surface area contributed by atoms with E-state index >= 15 is 0 Å². The first kappa shape index (κ1) is 18.1. The number of nitrogens with one attached hydrogen (secondary N) is 1. The normalized spacial score (nSPS) is 17.1. The largest absolute Gasteiger partial charge is 0.464 e. The van der Waals surface area contributed by atoms with Crippen LogP contribution in [0.4, 0.5) is 5.95 Å². The van der Waals surface area contributed by atoms with Crippen LogP contribution in [0.1, 0.15) is 35.2 Å². The summed E-state index contributed by atoms with van der Waals surface area (Å²) in [5.74, 6) is 0.675. The second-order valence-electron chi connectivity index (χ2n) is 8.06. The van der Waals surface area contributed by atoms with E-state index in [9.17, 15) is 9.59 Å². The van der Waals surface area contributed by atoms with Crippen LogP contribution < -0.4 is 15.9 Å². The molecule has 7 heteroatoms. The highest BCUT2D eigenvalue weighted by molar-refractivity contribution is 5.77. The molecule has 0 aliphatic carbocycles. The van der Waals surface area contributed by atoms with Crippen LogP contribution in [0.5, 0.6) is 0 Å². The van der Waals surface area contributed by atoms with Crippen molar-refractivity contribution < 1.29 is 4.42 Å². The Labute approximate surface area is 168 Å². The Morgan fingerprint density at radius 1 is 1.17 bits per heavy atom. The zero-order valence-electron chi connectivity index (χ0n) is 16.5. The molecule has 7 nitrogen and oxygen atoms in total. The number of nitrogens with zero attached hydrogens (tertiary/aromatic N) is 3. The van der Waals surface area contributed by atoms with Crippen LogP contribution in [0.15, 0.2) is 38.5 Å². The van der Waals surface area contributed by atoms with E-state index in [4.69, 9.17) is 9.40 Å². The quantitative estimate of drug-likeness (QED) is 0.737. The third kappa shape index (κ3) is 3.35. The molecule has 3 aromatic rings. The molecule has 0 saturated carbocycles. The molecule has 150 valence electrons. The number of rotatable bonds is 3. The van der Waals surface area contributed by atoms with E-state index in [1.165, 1.54) is 0 Å². The molecule has 0 amide bonds. The van der Waals surface area contributed by atoms with E-state index < -0.39 is 0 Å². The van der Waals surface area contributed by atoms with Crippen molar-refractivity contribution in [1.29, 1.82) is 0 Å². The van der Waals surface area contributed by atoms with Crippen LogP contribution in [0.3, 0.4) is 0 Å². The van der Waals surface area contributed by atoms with E-state index in [0.29, 0.717) is 48.5 Å². The number of aromatic nitrogens is 2. The molecule has 0 radical (unpaired) electrons. The molecule has 1 saturated heterocycles. The van der Waals surface area contributed by atoms with Crippen molar-refractivity contribution in [2.24, 2.45) is 0 Å². The van der Waals surface area contributed by atoms with Gasteiger partial charge in [0, 0.05) is 43.9 Å². The minimum atomic E-state index is -0.0303. The smallest absolute Gasteiger partial charge is 0.255 e. The second-order valence-corrected chi connectivity index (χ2v) is 8.06. The van der Waals surface area contributed by atoms with Crippen LogP contribution in [0, 0.1) is 6.92 Å². The Morgan fingerprint density at radius 3 is 2.83 bits per heavy atom. The molecular formula is C22H24N4O3. The van der Waals surface area contributed by atoms with Gasteiger partial charge in [-0.25, -0.2) is 4.98 Å². The van der Waals surface area contributed by atoms with Gasteiger partial charge in [-0.3, -0.25) is 19.5 Å². The summed E-state index contributed by atoms with van der Waals surface area (Å²) in [5, 5.41) is 0.616. The first-order valence-corrected chi connectivity index (χ1v) is 10.2. The molecule has 0 atom stereocenters. The molecule has 1 aromatic carbocycles. The molecule has 1 N–H and O–H groups in total. The number of hydrogen-bond acceptors (Lipinski definition) is 6. The summed E-state index contributed by atoms with van der Waals surface area (Å²) in [7, 11) is 0. The van der Waals surface area contributed by atoms with E-state index in [1.54, 1.807) is 6.26 Å². The third-order valence-electron chi connectivity index (χ3n) is 5.94. The Morgan fingerprint density at radius 2 is 2.00 bits per heavy atom. The maximum Gasteiger partial charge on any atom is 0.255 e. The Balaban J connectivity index is 1.42. The zero-order valence-corrected chi connectivity index (χ0v) is 16.5. The van der Waals surface area contributed by atoms with Crippen molar-refractivity contribution in [3.63, 3.8) is 0 Å². The van der Waals surface area contributed by atoms with Crippen LogP contribution in [-0.4, -0.2) is 34.5 Å². The van der Waals surface area contributed by atoms with Crippen molar-refractivity contribution in [3.05, 3.63) is 67.4 Å². The number of aryl methyl sites for hydroxylation is 1. The molecule has 0 unspecified atom stereocenters. The van der Waals surface area contributed by atoms with Gasteiger partial charge in [-0.05, 0) is 38.3 Å². The summed E-state index contributed by atoms with van der Waals surface area (Å²) in [6.07, 6.45) is 4.46. The van der Waals surface area contributed by atoms with Gasteiger partial charge in [-0.15, -0.1) is 0 Å². The van der Waals surface area contributed by atoms with Crippen LogP contribution in [-0.2, 0) is 19.5 Å². The van der Waals surface area contributed by atoms with Gasteiger partial charge in [0.2, 0.25) is 5.95 Å². The summed E-state index contributed by atoms with van der Waals surface area (Å²) in [6, 6.07) is 5.65. The summed E-state index contributed by atoms with van der Waals surface area (Å²) in [4.78, 5) is 37.5. The van der Waals surface area contributed by atoms with Crippen molar-refractivity contribution in [2.75, 3.05) is 24.5 Å². The maximum atomic E-state index is 12.9. The summed E-state index contributed by atoms with van der Waals surface area (Å²) in [5.41, 5.74) is 3.85. The predicted octanol–water partition coefficient (Wildman–Crippen LogP) is 2.34. The second kappa shape index (κ2) is 7.15. The van der Waals surface area contributed by atoms with Gasteiger partial charge in [-0.2, -0.15) is 0 Å². The fourth-order valence-electron chi connectivity index (χ4n) is 4.33. The number of H-pyrrole nitrogens is 1.